The first-order valence-corrected chi connectivity index (χ1v) is 7.16. The smallest absolute Gasteiger partial charge is 0.257 e. The Morgan fingerprint density at radius 2 is 1.95 bits per heavy atom. The van der Waals surface area contributed by atoms with Crippen LogP contribution in [-0.2, 0) is 0 Å². The third kappa shape index (κ3) is 3.18. The molecule has 0 heterocycles. The van der Waals surface area contributed by atoms with Gasteiger partial charge in [0.05, 0.1) is 22.9 Å². The van der Waals surface area contributed by atoms with E-state index in [0.717, 1.165) is 4.47 Å². The zero-order valence-corrected chi connectivity index (χ0v) is 13.3. The molecule has 0 bridgehead atoms. The summed E-state index contributed by atoms with van der Waals surface area (Å²) in [5.41, 5.74) is 7.69. The number of amides is 1. The zero-order chi connectivity index (χ0) is 14.7. The van der Waals surface area contributed by atoms with Crippen molar-refractivity contribution in [3.05, 3.63) is 56.5 Å². The number of hydrogen-bond donors (Lipinski definition) is 2. The number of hydrogen-bond acceptors (Lipinski definition) is 3. The molecule has 2 aromatic carbocycles. The highest BCUT2D eigenvalue weighted by Crippen LogP contribution is 2.25. The Balaban J connectivity index is 2.26. The lowest BCUT2D eigenvalue weighted by Crippen LogP contribution is -2.14. The first-order valence-electron chi connectivity index (χ1n) is 5.57. The standard InChI is InChI=1S/C14H9Br2N3O/c15-9-2-3-10(12(18)6-9)14(20)19-13-4-1-8(7-17)5-11(13)16/h1-6H,18H2,(H,19,20). The van der Waals surface area contributed by atoms with Crippen LogP contribution in [0.2, 0.25) is 0 Å². The Labute approximate surface area is 132 Å². The summed E-state index contributed by atoms with van der Waals surface area (Å²) in [5.74, 6) is -0.305. The maximum atomic E-state index is 12.2. The average Bonchev–Trinajstić information content (AvgIpc) is 2.40. The van der Waals surface area contributed by atoms with Crippen molar-refractivity contribution >= 4 is 49.1 Å². The van der Waals surface area contributed by atoms with Crippen molar-refractivity contribution in [1.82, 2.24) is 0 Å². The zero-order valence-electron chi connectivity index (χ0n) is 10.2. The van der Waals surface area contributed by atoms with Gasteiger partial charge >= 0.3 is 0 Å². The van der Waals surface area contributed by atoms with Crippen LogP contribution in [-0.4, -0.2) is 5.91 Å². The molecule has 0 unspecified atom stereocenters. The van der Waals surface area contributed by atoms with E-state index in [4.69, 9.17) is 11.0 Å². The maximum Gasteiger partial charge on any atom is 0.257 e. The van der Waals surface area contributed by atoms with Gasteiger partial charge in [0.25, 0.3) is 5.91 Å². The van der Waals surface area contributed by atoms with Crippen LogP contribution >= 0.6 is 31.9 Å². The highest BCUT2D eigenvalue weighted by atomic mass is 79.9. The summed E-state index contributed by atoms with van der Waals surface area (Å²) in [6, 6.07) is 12.0. The van der Waals surface area contributed by atoms with Gasteiger partial charge in [0.2, 0.25) is 0 Å². The molecule has 2 rings (SSSR count). The molecule has 4 nitrogen and oxygen atoms in total. The number of nitrogens with two attached hydrogens (primary N) is 1. The van der Waals surface area contributed by atoms with Crippen molar-refractivity contribution in [2.75, 3.05) is 11.1 Å². The molecule has 0 atom stereocenters. The second-order valence-electron chi connectivity index (χ2n) is 3.99. The lowest BCUT2D eigenvalue weighted by atomic mass is 10.1. The molecule has 0 spiro atoms. The summed E-state index contributed by atoms with van der Waals surface area (Å²) in [6.07, 6.45) is 0. The maximum absolute atomic E-state index is 12.2. The third-order valence-corrected chi connectivity index (χ3v) is 3.75. The predicted octanol–water partition coefficient (Wildman–Crippen LogP) is 3.92. The van der Waals surface area contributed by atoms with E-state index in [0.29, 0.717) is 27.0 Å². The number of nitrogens with one attached hydrogen (secondary N) is 1. The normalized spacial score (nSPS) is 9.85. The number of carbonyl (C=O) groups is 1. The van der Waals surface area contributed by atoms with E-state index in [2.05, 4.69) is 37.2 Å². The van der Waals surface area contributed by atoms with E-state index in [1.807, 2.05) is 6.07 Å². The van der Waals surface area contributed by atoms with Gasteiger partial charge in [-0.2, -0.15) is 5.26 Å². The fraction of sp³-hybridized carbons (Fsp3) is 0. The second kappa shape index (κ2) is 6.07. The molecule has 0 aliphatic carbocycles. The molecule has 0 aliphatic heterocycles. The average molecular weight is 395 g/mol. The number of carbonyl (C=O) groups excluding carboxylic acids is 1. The Hall–Kier alpha value is -1.84. The van der Waals surface area contributed by atoms with Crippen molar-refractivity contribution in [3.8, 4) is 6.07 Å². The molecule has 3 N–H and O–H groups in total. The molecule has 100 valence electrons. The number of benzene rings is 2. The Kier molecular flexibility index (Phi) is 4.42. The Bertz CT molecular complexity index is 723. The summed E-state index contributed by atoms with van der Waals surface area (Å²) in [7, 11) is 0. The van der Waals surface area contributed by atoms with Crippen LogP contribution in [0.1, 0.15) is 15.9 Å². The van der Waals surface area contributed by atoms with Crippen LogP contribution in [0.5, 0.6) is 0 Å². The fourth-order valence-corrected chi connectivity index (χ4v) is 2.47. The van der Waals surface area contributed by atoms with Gasteiger partial charge in [-0.15, -0.1) is 0 Å². The lowest BCUT2D eigenvalue weighted by Gasteiger charge is -2.09. The van der Waals surface area contributed by atoms with Crippen LogP contribution in [0.3, 0.4) is 0 Å². The summed E-state index contributed by atoms with van der Waals surface area (Å²) in [4.78, 5) is 12.2. The largest absolute Gasteiger partial charge is 0.398 e. The quantitative estimate of drug-likeness (QED) is 0.757. The molecule has 0 aliphatic rings. The number of nitriles is 1. The van der Waals surface area contributed by atoms with E-state index in [9.17, 15) is 4.79 Å². The van der Waals surface area contributed by atoms with Gasteiger partial charge in [0.1, 0.15) is 0 Å². The van der Waals surface area contributed by atoms with Crippen LogP contribution in [0.15, 0.2) is 45.3 Å². The monoisotopic (exact) mass is 393 g/mol. The van der Waals surface area contributed by atoms with Crippen LogP contribution in [0, 0.1) is 11.3 Å². The van der Waals surface area contributed by atoms with Gasteiger partial charge in [0.15, 0.2) is 0 Å². The van der Waals surface area contributed by atoms with Crippen LogP contribution < -0.4 is 11.1 Å². The fourth-order valence-electron chi connectivity index (χ4n) is 1.62. The van der Waals surface area contributed by atoms with E-state index >= 15 is 0 Å². The Morgan fingerprint density at radius 3 is 2.55 bits per heavy atom. The van der Waals surface area contributed by atoms with Gasteiger partial charge in [-0.05, 0) is 52.3 Å². The predicted molar refractivity (Wildman–Crippen MR) is 85.4 cm³/mol. The van der Waals surface area contributed by atoms with Gasteiger partial charge in [-0.25, -0.2) is 0 Å². The molecule has 6 heteroatoms. The van der Waals surface area contributed by atoms with Crippen molar-refractivity contribution < 1.29 is 4.79 Å². The highest BCUT2D eigenvalue weighted by Gasteiger charge is 2.12. The molecule has 0 saturated carbocycles. The van der Waals surface area contributed by atoms with Gasteiger partial charge in [-0.1, -0.05) is 15.9 Å². The minimum atomic E-state index is -0.305. The molecule has 0 fully saturated rings. The minimum absolute atomic E-state index is 0.305. The van der Waals surface area contributed by atoms with E-state index in [1.54, 1.807) is 36.4 Å². The number of rotatable bonds is 2. The Morgan fingerprint density at radius 1 is 1.20 bits per heavy atom. The molecule has 1 amide bonds. The molecular weight excluding hydrogens is 386 g/mol. The van der Waals surface area contributed by atoms with E-state index < -0.39 is 0 Å². The highest BCUT2D eigenvalue weighted by molar-refractivity contribution is 9.10. The summed E-state index contributed by atoms with van der Waals surface area (Å²) < 4.78 is 1.45. The molecule has 0 aromatic heterocycles. The van der Waals surface area contributed by atoms with Gasteiger partial charge in [-0.3, -0.25) is 4.79 Å². The van der Waals surface area contributed by atoms with Crippen molar-refractivity contribution in [3.63, 3.8) is 0 Å². The SMILES string of the molecule is N#Cc1ccc(NC(=O)c2ccc(Br)cc2N)c(Br)c1. The van der Waals surface area contributed by atoms with E-state index in [-0.39, 0.29) is 5.91 Å². The summed E-state index contributed by atoms with van der Waals surface area (Å²) in [6.45, 7) is 0. The van der Waals surface area contributed by atoms with Gasteiger partial charge < -0.3 is 11.1 Å². The lowest BCUT2D eigenvalue weighted by molar-refractivity contribution is 0.102. The number of nitrogens with zero attached hydrogens (tertiary/aromatic N) is 1. The summed E-state index contributed by atoms with van der Waals surface area (Å²) in [5, 5.41) is 11.5. The minimum Gasteiger partial charge on any atom is -0.398 e. The van der Waals surface area contributed by atoms with Crippen LogP contribution in [0.25, 0.3) is 0 Å². The molecule has 0 radical (unpaired) electrons. The van der Waals surface area contributed by atoms with Crippen molar-refractivity contribution in [2.24, 2.45) is 0 Å². The third-order valence-electron chi connectivity index (χ3n) is 2.60. The number of halogens is 2. The molecule has 2 aromatic rings. The molecule has 20 heavy (non-hydrogen) atoms. The number of nitrogen functional groups attached to an aromatic ring is 1. The molecule has 0 saturated heterocycles. The van der Waals surface area contributed by atoms with Crippen molar-refractivity contribution in [2.45, 2.75) is 0 Å². The van der Waals surface area contributed by atoms with E-state index in [1.165, 1.54) is 0 Å². The second-order valence-corrected chi connectivity index (χ2v) is 5.76. The summed E-state index contributed by atoms with van der Waals surface area (Å²) >= 11 is 6.60. The van der Waals surface area contributed by atoms with Crippen LogP contribution in [0.4, 0.5) is 11.4 Å². The van der Waals surface area contributed by atoms with Crippen molar-refractivity contribution in [1.29, 1.82) is 5.26 Å². The topological polar surface area (TPSA) is 78.9 Å². The molecular formula is C14H9Br2N3O. The van der Waals surface area contributed by atoms with Gasteiger partial charge in [0, 0.05) is 14.6 Å². The number of anilines is 2. The first-order chi connectivity index (χ1) is 9.51. The first kappa shape index (κ1) is 14.6.